The molecule has 1 aromatic carbocycles. The topological polar surface area (TPSA) is 68.6 Å². The minimum atomic E-state index is -0.640. The number of hydrogen-bond acceptors (Lipinski definition) is 5. The van der Waals surface area contributed by atoms with Gasteiger partial charge in [0.05, 0.1) is 11.1 Å². The van der Waals surface area contributed by atoms with Crippen molar-refractivity contribution >= 4 is 28.0 Å². The fraction of sp³-hybridized carbons (Fsp3) is 0.231. The first kappa shape index (κ1) is 13.4. The number of ether oxygens (including phenoxy) is 3. The number of benzene rings is 1. The second-order valence-electron chi connectivity index (χ2n) is 3.63. The second kappa shape index (κ2) is 5.76. The number of esters is 1. The minimum Gasteiger partial charge on any atom is -0.462 e. The zero-order valence-corrected chi connectivity index (χ0v) is 11.7. The summed E-state index contributed by atoms with van der Waals surface area (Å²) in [6, 6.07) is 5.26. The maximum atomic E-state index is 11.5. The third-order valence-electron chi connectivity index (χ3n) is 2.38. The van der Waals surface area contributed by atoms with Gasteiger partial charge in [-0.1, -0.05) is 0 Å². The monoisotopic (exact) mass is 323 g/mol. The number of nitriles is 1. The van der Waals surface area contributed by atoms with Crippen LogP contribution in [0.2, 0.25) is 0 Å². The highest BCUT2D eigenvalue weighted by molar-refractivity contribution is 9.10. The molecule has 5 nitrogen and oxygen atoms in total. The molecule has 1 heterocycles. The Hall–Kier alpha value is -2.00. The van der Waals surface area contributed by atoms with Crippen molar-refractivity contribution in [3.05, 3.63) is 27.7 Å². The molecule has 2 rings (SSSR count). The van der Waals surface area contributed by atoms with E-state index in [0.717, 1.165) is 0 Å². The molecule has 0 N–H and O–H groups in total. The lowest BCUT2D eigenvalue weighted by molar-refractivity contribution is -0.137. The smallest absolute Gasteiger partial charge is 0.348 e. The number of fused-ring (bicyclic) bond motifs is 1. The Morgan fingerprint density at radius 1 is 1.58 bits per heavy atom. The summed E-state index contributed by atoms with van der Waals surface area (Å²) >= 11 is 3.34. The Labute approximate surface area is 118 Å². The van der Waals surface area contributed by atoms with Crippen molar-refractivity contribution in [2.24, 2.45) is 0 Å². The summed E-state index contributed by atoms with van der Waals surface area (Å²) in [5.74, 6) is 0.548. The van der Waals surface area contributed by atoms with E-state index in [4.69, 9.17) is 19.5 Å². The number of carbonyl (C=O) groups is 1. The molecule has 6 heteroatoms. The van der Waals surface area contributed by atoms with Gasteiger partial charge in [0.25, 0.3) is 0 Å². The molecule has 0 saturated carbocycles. The SMILES string of the molecule is CCOC(=O)/C(C#N)=C/c1cc(Br)c2c(c1)OCO2. The number of nitrogens with zero attached hydrogens (tertiary/aromatic N) is 1. The standard InChI is InChI=1S/C13H10BrNO4/c1-2-17-13(16)9(6-15)3-8-4-10(14)12-11(5-8)18-7-19-12/h3-5H,2,7H2,1H3/b9-3+. The fourth-order valence-electron chi connectivity index (χ4n) is 1.58. The maximum absolute atomic E-state index is 11.5. The molecule has 0 aliphatic carbocycles. The van der Waals surface area contributed by atoms with E-state index in [1.165, 1.54) is 6.08 Å². The molecule has 0 radical (unpaired) electrons. The Kier molecular flexibility index (Phi) is 4.07. The van der Waals surface area contributed by atoms with Gasteiger partial charge in [-0.2, -0.15) is 5.26 Å². The molecule has 19 heavy (non-hydrogen) atoms. The summed E-state index contributed by atoms with van der Waals surface area (Å²) < 4.78 is 16.0. The number of halogens is 1. The Morgan fingerprint density at radius 3 is 3.05 bits per heavy atom. The van der Waals surface area contributed by atoms with Gasteiger partial charge in [-0.15, -0.1) is 0 Å². The lowest BCUT2D eigenvalue weighted by Gasteiger charge is -2.03. The first-order chi connectivity index (χ1) is 9.15. The molecule has 1 aliphatic heterocycles. The van der Waals surface area contributed by atoms with Crippen LogP contribution >= 0.6 is 15.9 Å². The van der Waals surface area contributed by atoms with Crippen LogP contribution in [-0.4, -0.2) is 19.4 Å². The Balaban J connectivity index is 2.35. The van der Waals surface area contributed by atoms with Gasteiger partial charge in [-0.05, 0) is 46.6 Å². The van der Waals surface area contributed by atoms with Crippen LogP contribution in [0, 0.1) is 11.3 Å². The molecule has 0 fully saturated rings. The largest absolute Gasteiger partial charge is 0.462 e. The van der Waals surface area contributed by atoms with Gasteiger partial charge < -0.3 is 14.2 Å². The van der Waals surface area contributed by atoms with Crippen molar-refractivity contribution < 1.29 is 19.0 Å². The van der Waals surface area contributed by atoms with E-state index in [-0.39, 0.29) is 19.0 Å². The summed E-state index contributed by atoms with van der Waals surface area (Å²) in [7, 11) is 0. The van der Waals surface area contributed by atoms with E-state index in [2.05, 4.69) is 15.9 Å². The third-order valence-corrected chi connectivity index (χ3v) is 2.97. The summed E-state index contributed by atoms with van der Waals surface area (Å²) in [6.45, 7) is 2.07. The number of rotatable bonds is 3. The molecule has 0 aromatic heterocycles. The van der Waals surface area contributed by atoms with E-state index in [1.54, 1.807) is 19.1 Å². The van der Waals surface area contributed by atoms with Gasteiger partial charge in [0.15, 0.2) is 11.5 Å². The normalized spacial score (nSPS) is 13.0. The molecule has 1 aromatic rings. The van der Waals surface area contributed by atoms with Gasteiger partial charge in [0.2, 0.25) is 6.79 Å². The molecule has 98 valence electrons. The molecule has 0 unspecified atom stereocenters. The summed E-state index contributed by atoms with van der Waals surface area (Å²) in [5.41, 5.74) is 0.591. The van der Waals surface area contributed by atoms with E-state index >= 15 is 0 Å². The molecular weight excluding hydrogens is 314 g/mol. The van der Waals surface area contributed by atoms with Gasteiger partial charge >= 0.3 is 5.97 Å². The van der Waals surface area contributed by atoms with Crippen molar-refractivity contribution in [1.82, 2.24) is 0 Å². The molecule has 1 aliphatic rings. The van der Waals surface area contributed by atoms with Crippen molar-refractivity contribution in [1.29, 1.82) is 5.26 Å². The van der Waals surface area contributed by atoms with Crippen molar-refractivity contribution in [2.45, 2.75) is 6.92 Å². The van der Waals surface area contributed by atoms with Crippen LogP contribution in [-0.2, 0) is 9.53 Å². The minimum absolute atomic E-state index is 0.0624. The zero-order chi connectivity index (χ0) is 13.8. The first-order valence-electron chi connectivity index (χ1n) is 5.53. The van der Waals surface area contributed by atoms with Crippen LogP contribution < -0.4 is 9.47 Å². The predicted octanol–water partition coefficient (Wildman–Crippen LogP) is 2.65. The predicted molar refractivity (Wildman–Crippen MR) is 70.5 cm³/mol. The molecule has 0 amide bonds. The average molecular weight is 324 g/mol. The average Bonchev–Trinajstić information content (AvgIpc) is 2.85. The first-order valence-corrected chi connectivity index (χ1v) is 6.33. The van der Waals surface area contributed by atoms with Crippen LogP contribution in [0.4, 0.5) is 0 Å². The van der Waals surface area contributed by atoms with Crippen LogP contribution in [0.15, 0.2) is 22.2 Å². The lowest BCUT2D eigenvalue weighted by Crippen LogP contribution is -2.05. The van der Waals surface area contributed by atoms with Crippen LogP contribution in [0.1, 0.15) is 12.5 Å². The quantitative estimate of drug-likeness (QED) is 0.486. The van der Waals surface area contributed by atoms with Crippen LogP contribution in [0.25, 0.3) is 6.08 Å². The highest BCUT2D eigenvalue weighted by Crippen LogP contribution is 2.40. The van der Waals surface area contributed by atoms with Crippen LogP contribution in [0.5, 0.6) is 11.5 Å². The van der Waals surface area contributed by atoms with Gasteiger partial charge in [-0.25, -0.2) is 4.79 Å². The molecule has 0 spiro atoms. The summed E-state index contributed by atoms with van der Waals surface area (Å²) in [6.07, 6.45) is 1.45. The van der Waals surface area contributed by atoms with Crippen LogP contribution in [0.3, 0.4) is 0 Å². The fourth-order valence-corrected chi connectivity index (χ4v) is 2.16. The van der Waals surface area contributed by atoms with E-state index in [9.17, 15) is 4.79 Å². The highest BCUT2D eigenvalue weighted by Gasteiger charge is 2.18. The van der Waals surface area contributed by atoms with Crippen molar-refractivity contribution in [3.8, 4) is 17.6 Å². The number of carbonyl (C=O) groups excluding carboxylic acids is 1. The van der Waals surface area contributed by atoms with Gasteiger partial charge in [-0.3, -0.25) is 0 Å². The van der Waals surface area contributed by atoms with Gasteiger partial charge in [0.1, 0.15) is 11.6 Å². The van der Waals surface area contributed by atoms with E-state index in [0.29, 0.717) is 21.5 Å². The third kappa shape index (κ3) is 2.88. The highest BCUT2D eigenvalue weighted by atomic mass is 79.9. The molecular formula is C13H10BrNO4. The van der Waals surface area contributed by atoms with Gasteiger partial charge in [0, 0.05) is 0 Å². The maximum Gasteiger partial charge on any atom is 0.348 e. The van der Waals surface area contributed by atoms with E-state index in [1.807, 2.05) is 6.07 Å². The second-order valence-corrected chi connectivity index (χ2v) is 4.48. The zero-order valence-electron chi connectivity index (χ0n) is 10.1. The summed E-state index contributed by atoms with van der Waals surface area (Å²) in [4.78, 5) is 11.5. The Bertz CT molecular complexity index is 589. The number of hydrogen-bond donors (Lipinski definition) is 0. The van der Waals surface area contributed by atoms with Crippen molar-refractivity contribution in [2.75, 3.05) is 13.4 Å². The molecule has 0 bridgehead atoms. The lowest BCUT2D eigenvalue weighted by atomic mass is 10.1. The summed E-state index contributed by atoms with van der Waals surface area (Å²) in [5, 5.41) is 8.96. The van der Waals surface area contributed by atoms with Crippen molar-refractivity contribution in [3.63, 3.8) is 0 Å². The molecule has 0 saturated heterocycles. The van der Waals surface area contributed by atoms with E-state index < -0.39 is 5.97 Å². The molecule has 0 atom stereocenters. The Morgan fingerprint density at radius 2 is 2.37 bits per heavy atom.